The van der Waals surface area contributed by atoms with Gasteiger partial charge in [-0.25, -0.2) is 4.79 Å². The van der Waals surface area contributed by atoms with Gasteiger partial charge in [0.2, 0.25) is 0 Å². The number of rotatable bonds is 4. The minimum atomic E-state index is -0.229. The number of amides is 2. The predicted molar refractivity (Wildman–Crippen MR) is 89.5 cm³/mol. The first kappa shape index (κ1) is 15.3. The van der Waals surface area contributed by atoms with Crippen molar-refractivity contribution in [1.82, 2.24) is 15.6 Å². The van der Waals surface area contributed by atoms with Crippen LogP contribution in [0.1, 0.15) is 34.7 Å². The predicted octanol–water partition coefficient (Wildman–Crippen LogP) is 2.35. The highest BCUT2D eigenvalue weighted by Crippen LogP contribution is 2.40. The van der Waals surface area contributed by atoms with Crippen molar-refractivity contribution in [3.8, 4) is 0 Å². The van der Waals surface area contributed by atoms with Gasteiger partial charge >= 0.3 is 6.03 Å². The molecule has 1 aromatic carbocycles. The molecule has 3 N–H and O–H groups in total. The number of carbonyl (C=O) groups excluding carboxylic acids is 1. The minimum absolute atomic E-state index is 0.142. The normalized spacial score (nSPS) is 19.2. The average Bonchev–Trinajstić information content (AvgIpc) is 3.26. The molecule has 1 saturated carbocycles. The second-order valence-corrected chi connectivity index (χ2v) is 6.13. The third kappa shape index (κ3) is 3.62. The summed E-state index contributed by atoms with van der Waals surface area (Å²) in [5.41, 5.74) is 3.42. The van der Waals surface area contributed by atoms with Crippen LogP contribution in [0.5, 0.6) is 0 Å². The smallest absolute Gasteiger partial charge is 0.315 e. The molecular weight excluding hydrogens is 290 g/mol. The van der Waals surface area contributed by atoms with Crippen molar-refractivity contribution in [2.75, 3.05) is 0 Å². The van der Waals surface area contributed by atoms with Crippen LogP contribution in [0.4, 0.5) is 4.79 Å². The number of benzene rings is 1. The van der Waals surface area contributed by atoms with Crippen molar-refractivity contribution in [2.24, 2.45) is 0 Å². The quantitative estimate of drug-likeness (QED) is 0.811. The Morgan fingerprint density at radius 3 is 2.70 bits per heavy atom. The Balaban J connectivity index is 1.53. The zero-order valence-corrected chi connectivity index (χ0v) is 13.3. The van der Waals surface area contributed by atoms with Gasteiger partial charge in [-0.2, -0.15) is 0 Å². The van der Waals surface area contributed by atoms with E-state index in [0.29, 0.717) is 11.5 Å². The number of hydrogen-bond donors (Lipinski definition) is 3. The molecule has 0 unspecified atom stereocenters. The molecule has 0 aliphatic heterocycles. The zero-order chi connectivity index (χ0) is 16.4. The lowest BCUT2D eigenvalue weighted by Crippen LogP contribution is -2.38. The summed E-state index contributed by atoms with van der Waals surface area (Å²) in [7, 11) is 0. The van der Waals surface area contributed by atoms with Crippen molar-refractivity contribution < 1.29 is 4.79 Å². The van der Waals surface area contributed by atoms with E-state index in [4.69, 9.17) is 0 Å². The van der Waals surface area contributed by atoms with Gasteiger partial charge in [-0.3, -0.25) is 4.79 Å². The number of aromatic amines is 1. The van der Waals surface area contributed by atoms with Crippen LogP contribution in [0.25, 0.3) is 0 Å². The highest BCUT2D eigenvalue weighted by Gasteiger charge is 2.39. The second-order valence-electron chi connectivity index (χ2n) is 6.13. The van der Waals surface area contributed by atoms with E-state index in [9.17, 15) is 9.59 Å². The molecule has 5 heteroatoms. The third-order valence-electron chi connectivity index (χ3n) is 4.25. The number of aromatic nitrogens is 1. The standard InChI is InChI=1S/C18H21N3O2/c1-11-8-12(2)20-17(22)15(11)10-19-18(23)21-16-9-14(16)13-6-4-3-5-7-13/h3-8,14,16H,9-10H2,1-2H3,(H,20,22)(H2,19,21,23)/t14-,16+/m0/s1. The molecule has 5 nitrogen and oxygen atoms in total. The molecule has 2 aromatic rings. The van der Waals surface area contributed by atoms with Crippen LogP contribution in [0, 0.1) is 13.8 Å². The van der Waals surface area contributed by atoms with Gasteiger partial charge in [0.15, 0.2) is 0 Å². The van der Waals surface area contributed by atoms with E-state index in [2.05, 4.69) is 27.8 Å². The van der Waals surface area contributed by atoms with Gasteiger partial charge in [-0.05, 0) is 37.5 Å². The zero-order valence-electron chi connectivity index (χ0n) is 13.3. The van der Waals surface area contributed by atoms with Crippen LogP contribution in [0.15, 0.2) is 41.2 Å². The summed E-state index contributed by atoms with van der Waals surface area (Å²) in [4.78, 5) is 26.7. The van der Waals surface area contributed by atoms with Gasteiger partial charge in [-0.15, -0.1) is 0 Å². The van der Waals surface area contributed by atoms with Crippen LogP contribution in [0.2, 0.25) is 0 Å². The van der Waals surface area contributed by atoms with E-state index < -0.39 is 0 Å². The first-order chi connectivity index (χ1) is 11.0. The van der Waals surface area contributed by atoms with Gasteiger partial charge in [0.05, 0.1) is 6.54 Å². The van der Waals surface area contributed by atoms with Gasteiger partial charge < -0.3 is 15.6 Å². The van der Waals surface area contributed by atoms with Crippen molar-refractivity contribution in [3.63, 3.8) is 0 Å². The van der Waals surface area contributed by atoms with E-state index in [0.717, 1.165) is 17.7 Å². The maximum Gasteiger partial charge on any atom is 0.315 e. The van der Waals surface area contributed by atoms with Crippen LogP contribution >= 0.6 is 0 Å². The molecule has 1 aromatic heterocycles. The van der Waals surface area contributed by atoms with Crippen molar-refractivity contribution in [1.29, 1.82) is 0 Å². The van der Waals surface area contributed by atoms with Crippen molar-refractivity contribution >= 4 is 6.03 Å². The van der Waals surface area contributed by atoms with E-state index in [1.165, 1.54) is 5.56 Å². The topological polar surface area (TPSA) is 74.0 Å². The summed E-state index contributed by atoms with van der Waals surface area (Å²) < 4.78 is 0. The lowest BCUT2D eigenvalue weighted by molar-refractivity contribution is 0.240. The Labute approximate surface area is 135 Å². The first-order valence-corrected chi connectivity index (χ1v) is 7.83. The molecule has 23 heavy (non-hydrogen) atoms. The summed E-state index contributed by atoms with van der Waals surface area (Å²) in [6.45, 7) is 3.95. The van der Waals surface area contributed by atoms with Gasteiger partial charge in [0, 0.05) is 23.2 Å². The van der Waals surface area contributed by atoms with E-state index in [-0.39, 0.29) is 24.2 Å². The molecule has 1 heterocycles. The Kier molecular flexibility index (Phi) is 4.19. The van der Waals surface area contributed by atoms with Gasteiger partial charge in [-0.1, -0.05) is 30.3 Å². The summed E-state index contributed by atoms with van der Waals surface area (Å²) in [6, 6.07) is 12.0. The Morgan fingerprint density at radius 1 is 1.26 bits per heavy atom. The van der Waals surface area contributed by atoms with Gasteiger partial charge in [0.25, 0.3) is 5.56 Å². The number of urea groups is 1. The molecule has 0 radical (unpaired) electrons. The van der Waals surface area contributed by atoms with Crippen molar-refractivity contribution in [2.45, 2.75) is 38.8 Å². The molecule has 120 valence electrons. The molecule has 1 fully saturated rings. The molecule has 3 rings (SSSR count). The van der Waals surface area contributed by atoms with Crippen LogP contribution in [-0.2, 0) is 6.54 Å². The highest BCUT2D eigenvalue weighted by molar-refractivity contribution is 5.75. The molecule has 0 spiro atoms. The van der Waals surface area contributed by atoms with E-state index in [1.807, 2.05) is 38.1 Å². The van der Waals surface area contributed by atoms with Crippen LogP contribution < -0.4 is 16.2 Å². The SMILES string of the molecule is Cc1cc(C)c(CNC(=O)N[C@@H]2C[C@H]2c2ccccc2)c(=O)[nH]1. The third-order valence-corrected chi connectivity index (χ3v) is 4.25. The second kappa shape index (κ2) is 6.28. The fourth-order valence-electron chi connectivity index (χ4n) is 2.91. The maximum absolute atomic E-state index is 12.0. The number of nitrogens with one attached hydrogen (secondary N) is 3. The Bertz CT molecular complexity index is 768. The minimum Gasteiger partial charge on any atom is -0.335 e. The molecule has 0 bridgehead atoms. The molecule has 1 aliphatic rings. The first-order valence-electron chi connectivity index (χ1n) is 7.83. The number of hydrogen-bond acceptors (Lipinski definition) is 2. The number of carbonyl (C=O) groups is 1. The summed E-state index contributed by atoms with van der Waals surface area (Å²) in [6.07, 6.45) is 0.960. The van der Waals surface area contributed by atoms with E-state index in [1.54, 1.807) is 0 Å². The molecule has 0 saturated heterocycles. The largest absolute Gasteiger partial charge is 0.335 e. The average molecular weight is 311 g/mol. The lowest BCUT2D eigenvalue weighted by atomic mass is 10.1. The van der Waals surface area contributed by atoms with Crippen molar-refractivity contribution in [3.05, 3.63) is 69.1 Å². The summed E-state index contributed by atoms with van der Waals surface area (Å²) >= 11 is 0. The van der Waals surface area contributed by atoms with Crippen LogP contribution in [-0.4, -0.2) is 17.1 Å². The molecule has 2 amide bonds. The monoisotopic (exact) mass is 311 g/mol. The lowest BCUT2D eigenvalue weighted by Gasteiger charge is -2.09. The summed E-state index contributed by atoms with van der Waals surface area (Å²) in [5.74, 6) is 0.395. The summed E-state index contributed by atoms with van der Waals surface area (Å²) in [5, 5.41) is 5.73. The fourth-order valence-corrected chi connectivity index (χ4v) is 2.91. The molecule has 2 atom stereocenters. The highest BCUT2D eigenvalue weighted by atomic mass is 16.2. The molecular formula is C18H21N3O2. The number of pyridine rings is 1. The fraction of sp³-hybridized carbons (Fsp3) is 0.333. The molecule has 1 aliphatic carbocycles. The Morgan fingerprint density at radius 2 is 2.00 bits per heavy atom. The van der Waals surface area contributed by atoms with Gasteiger partial charge in [0.1, 0.15) is 0 Å². The van der Waals surface area contributed by atoms with Crippen LogP contribution in [0.3, 0.4) is 0 Å². The van der Waals surface area contributed by atoms with E-state index >= 15 is 0 Å². The number of H-pyrrole nitrogens is 1. The maximum atomic E-state index is 12.0. The number of aryl methyl sites for hydroxylation is 2. The Hall–Kier alpha value is -2.56.